The second-order valence-corrected chi connectivity index (χ2v) is 10.3. The number of carbonyl (C=O) groups is 2. The van der Waals surface area contributed by atoms with Gasteiger partial charge >= 0.3 is 0 Å². The molecule has 194 valence electrons. The van der Waals surface area contributed by atoms with E-state index in [2.05, 4.69) is 10.4 Å². The molecule has 2 amide bonds. The smallest absolute Gasteiger partial charge is 0.244 e. The Morgan fingerprint density at radius 3 is 2.70 bits per heavy atom. The Bertz CT molecular complexity index is 1250. The van der Waals surface area contributed by atoms with Crippen molar-refractivity contribution in [2.45, 2.75) is 63.5 Å². The number of aromatic nitrogens is 2. The molecule has 37 heavy (non-hydrogen) atoms. The Morgan fingerprint density at radius 1 is 1.16 bits per heavy atom. The highest BCUT2D eigenvalue weighted by Gasteiger charge is 2.45. The minimum Gasteiger partial charge on any atom is -0.489 e. The van der Waals surface area contributed by atoms with Gasteiger partial charge in [0.1, 0.15) is 24.2 Å². The van der Waals surface area contributed by atoms with Gasteiger partial charge in [0, 0.05) is 19.2 Å². The molecule has 1 aliphatic carbocycles. The molecule has 0 bridgehead atoms. The number of hydrogen-bond acceptors (Lipinski definition) is 4. The third-order valence-electron chi connectivity index (χ3n) is 7.40. The lowest BCUT2D eigenvalue weighted by atomic mass is 9.90. The number of rotatable bonds is 9. The maximum absolute atomic E-state index is 14.2. The second-order valence-electron chi connectivity index (χ2n) is 10.3. The van der Waals surface area contributed by atoms with Gasteiger partial charge in [0.15, 0.2) is 0 Å². The average molecular weight is 505 g/mol. The standard InChI is InChI=1S/C29H33FN4O3/c1-21-8-10-23(11-9-21)37-24-5-4-16-33(19-24)28(36)20-34-18-22(17-31-34)32-27(35)12-13-29(14-15-29)25-6-2-3-7-26(25)30/h2-3,6-11,17-18,24H,4-5,12-16,19-20H2,1H3,(H,32,35). The SMILES string of the molecule is Cc1ccc(OC2CCCN(C(=O)Cn3cc(NC(=O)CCC4(c5ccccc5F)CC4)cn3)C2)cc1. The first-order valence-corrected chi connectivity index (χ1v) is 13.0. The van der Waals surface area contributed by atoms with Crippen LogP contribution in [-0.4, -0.2) is 45.7 Å². The maximum atomic E-state index is 14.2. The highest BCUT2D eigenvalue weighted by Crippen LogP contribution is 2.52. The van der Waals surface area contributed by atoms with E-state index < -0.39 is 0 Å². The normalized spacial score (nSPS) is 18.3. The van der Waals surface area contributed by atoms with Crippen molar-refractivity contribution in [3.05, 3.63) is 77.9 Å². The van der Waals surface area contributed by atoms with Gasteiger partial charge in [-0.2, -0.15) is 5.10 Å². The molecule has 0 radical (unpaired) electrons. The summed E-state index contributed by atoms with van der Waals surface area (Å²) >= 11 is 0. The van der Waals surface area contributed by atoms with Gasteiger partial charge in [0.05, 0.1) is 18.4 Å². The average Bonchev–Trinajstić information content (AvgIpc) is 3.56. The van der Waals surface area contributed by atoms with Gasteiger partial charge in [-0.15, -0.1) is 0 Å². The molecule has 0 spiro atoms. The summed E-state index contributed by atoms with van der Waals surface area (Å²) in [5.74, 6) is 0.450. The van der Waals surface area contributed by atoms with Crippen LogP contribution in [0.2, 0.25) is 0 Å². The van der Waals surface area contributed by atoms with E-state index >= 15 is 0 Å². The first kappa shape index (κ1) is 25.0. The lowest BCUT2D eigenvalue weighted by molar-refractivity contribution is -0.134. The number of piperidine rings is 1. The predicted octanol–water partition coefficient (Wildman–Crippen LogP) is 4.85. The minimum atomic E-state index is -0.227. The van der Waals surface area contributed by atoms with E-state index in [4.69, 9.17) is 4.74 Å². The minimum absolute atomic E-state index is 0.0289. The molecule has 2 aromatic carbocycles. The van der Waals surface area contributed by atoms with Crippen LogP contribution in [0, 0.1) is 12.7 Å². The summed E-state index contributed by atoms with van der Waals surface area (Å²) in [5.41, 5.74) is 2.21. The molecule has 1 aromatic heterocycles. The third kappa shape index (κ3) is 6.18. The van der Waals surface area contributed by atoms with Gasteiger partial charge in [-0.3, -0.25) is 14.3 Å². The van der Waals surface area contributed by atoms with Crippen LogP contribution in [0.5, 0.6) is 5.75 Å². The highest BCUT2D eigenvalue weighted by atomic mass is 19.1. The van der Waals surface area contributed by atoms with Crippen molar-refractivity contribution in [2.75, 3.05) is 18.4 Å². The van der Waals surface area contributed by atoms with E-state index in [1.807, 2.05) is 48.2 Å². The van der Waals surface area contributed by atoms with Crippen LogP contribution in [-0.2, 0) is 21.5 Å². The molecule has 1 saturated carbocycles. The van der Waals surface area contributed by atoms with Crippen LogP contribution >= 0.6 is 0 Å². The van der Waals surface area contributed by atoms with Crippen LogP contribution in [0.25, 0.3) is 0 Å². The van der Waals surface area contributed by atoms with E-state index in [-0.39, 0.29) is 35.7 Å². The van der Waals surface area contributed by atoms with Crippen LogP contribution in [0.3, 0.4) is 0 Å². The number of likely N-dealkylation sites (tertiary alicyclic amines) is 1. The molecule has 1 atom stereocenters. The molecule has 1 aliphatic heterocycles. The zero-order chi connectivity index (χ0) is 25.8. The fourth-order valence-electron chi connectivity index (χ4n) is 5.10. The monoisotopic (exact) mass is 504 g/mol. The molecule has 1 unspecified atom stereocenters. The van der Waals surface area contributed by atoms with E-state index in [0.29, 0.717) is 37.2 Å². The molecule has 2 heterocycles. The Balaban J connectivity index is 1.09. The molecular weight excluding hydrogens is 471 g/mol. The van der Waals surface area contributed by atoms with Crippen molar-refractivity contribution < 1.29 is 18.7 Å². The van der Waals surface area contributed by atoms with E-state index in [1.54, 1.807) is 23.1 Å². The Labute approximate surface area is 216 Å². The lowest BCUT2D eigenvalue weighted by Crippen LogP contribution is -2.45. The zero-order valence-electron chi connectivity index (χ0n) is 21.2. The van der Waals surface area contributed by atoms with Crippen molar-refractivity contribution in [3.63, 3.8) is 0 Å². The second kappa shape index (κ2) is 10.7. The van der Waals surface area contributed by atoms with Crippen LogP contribution in [0.15, 0.2) is 60.9 Å². The predicted molar refractivity (Wildman–Crippen MR) is 139 cm³/mol. The Hall–Kier alpha value is -3.68. The van der Waals surface area contributed by atoms with Crippen LogP contribution < -0.4 is 10.1 Å². The fraction of sp³-hybridized carbons (Fsp3) is 0.414. The molecule has 2 aliphatic rings. The van der Waals surface area contributed by atoms with Crippen LogP contribution in [0.4, 0.5) is 10.1 Å². The molecular formula is C29H33FN4O3. The number of nitrogens with one attached hydrogen (secondary N) is 1. The van der Waals surface area contributed by atoms with Gasteiger partial charge in [-0.25, -0.2) is 4.39 Å². The summed E-state index contributed by atoms with van der Waals surface area (Å²) in [6, 6.07) is 14.8. The van der Waals surface area contributed by atoms with Gasteiger partial charge in [-0.05, 0) is 68.2 Å². The number of aryl methyl sites for hydroxylation is 1. The van der Waals surface area contributed by atoms with Crippen molar-refractivity contribution in [1.29, 1.82) is 0 Å². The topological polar surface area (TPSA) is 76.5 Å². The van der Waals surface area contributed by atoms with Crippen molar-refractivity contribution in [2.24, 2.45) is 0 Å². The molecule has 2 fully saturated rings. The van der Waals surface area contributed by atoms with E-state index in [1.165, 1.54) is 11.6 Å². The number of carbonyl (C=O) groups excluding carboxylic acids is 2. The summed E-state index contributed by atoms with van der Waals surface area (Å²) in [4.78, 5) is 27.3. The molecule has 3 aromatic rings. The molecule has 5 rings (SSSR count). The largest absolute Gasteiger partial charge is 0.489 e. The highest BCUT2D eigenvalue weighted by molar-refractivity contribution is 5.90. The zero-order valence-corrected chi connectivity index (χ0v) is 21.2. The quantitative estimate of drug-likeness (QED) is 0.452. The third-order valence-corrected chi connectivity index (χ3v) is 7.40. The molecule has 1 saturated heterocycles. The van der Waals surface area contributed by atoms with E-state index in [0.717, 1.165) is 31.4 Å². The van der Waals surface area contributed by atoms with Crippen molar-refractivity contribution in [3.8, 4) is 5.75 Å². The molecule has 8 heteroatoms. The lowest BCUT2D eigenvalue weighted by Gasteiger charge is -2.33. The Morgan fingerprint density at radius 2 is 1.95 bits per heavy atom. The number of benzene rings is 2. The molecule has 7 nitrogen and oxygen atoms in total. The summed E-state index contributed by atoms with van der Waals surface area (Å²) in [6.07, 6.45) is 7.68. The number of ether oxygens (including phenoxy) is 1. The summed E-state index contributed by atoms with van der Waals surface area (Å²) in [5, 5.41) is 7.11. The van der Waals surface area contributed by atoms with Crippen LogP contribution in [0.1, 0.15) is 49.7 Å². The number of hydrogen-bond donors (Lipinski definition) is 1. The maximum Gasteiger partial charge on any atom is 0.244 e. The number of amides is 2. The van der Waals surface area contributed by atoms with Gasteiger partial charge in [-0.1, -0.05) is 35.9 Å². The molecule has 1 N–H and O–H groups in total. The summed E-state index contributed by atoms with van der Waals surface area (Å²) < 4.78 is 21.9. The number of anilines is 1. The first-order chi connectivity index (χ1) is 17.9. The fourth-order valence-corrected chi connectivity index (χ4v) is 5.10. The number of halogens is 1. The summed E-state index contributed by atoms with van der Waals surface area (Å²) in [7, 11) is 0. The van der Waals surface area contributed by atoms with Gasteiger partial charge in [0.2, 0.25) is 11.8 Å². The van der Waals surface area contributed by atoms with Crippen molar-refractivity contribution in [1.82, 2.24) is 14.7 Å². The first-order valence-electron chi connectivity index (χ1n) is 13.0. The Kier molecular flexibility index (Phi) is 7.26. The summed E-state index contributed by atoms with van der Waals surface area (Å²) in [6.45, 7) is 3.38. The van der Waals surface area contributed by atoms with Crippen molar-refractivity contribution >= 4 is 17.5 Å². The van der Waals surface area contributed by atoms with E-state index in [9.17, 15) is 14.0 Å². The van der Waals surface area contributed by atoms with Gasteiger partial charge < -0.3 is 15.0 Å². The number of nitrogens with zero attached hydrogens (tertiary/aromatic N) is 3. The van der Waals surface area contributed by atoms with Gasteiger partial charge in [0.25, 0.3) is 0 Å².